The van der Waals surface area contributed by atoms with Crippen LogP contribution in [0.4, 0.5) is 0 Å². The summed E-state index contributed by atoms with van der Waals surface area (Å²) < 4.78 is 5.38. The molecule has 2 saturated heterocycles. The van der Waals surface area contributed by atoms with Crippen LogP contribution in [0.15, 0.2) is 0 Å². The Kier molecular flexibility index (Phi) is 4.08. The molecule has 2 fully saturated rings. The van der Waals surface area contributed by atoms with E-state index in [1.165, 1.54) is 12.8 Å². The van der Waals surface area contributed by atoms with Gasteiger partial charge in [0.25, 0.3) is 0 Å². The zero-order valence-corrected chi connectivity index (χ0v) is 11.2. The molecule has 0 radical (unpaired) electrons. The molecule has 2 aliphatic heterocycles. The molecule has 2 heterocycles. The number of nitrogens with zero attached hydrogens (tertiary/aromatic N) is 1. The van der Waals surface area contributed by atoms with Gasteiger partial charge in [0.05, 0.1) is 0 Å². The van der Waals surface area contributed by atoms with Crippen LogP contribution in [0.25, 0.3) is 0 Å². The molecule has 0 bridgehead atoms. The molecule has 0 aromatic carbocycles. The van der Waals surface area contributed by atoms with Crippen LogP contribution < -0.4 is 0 Å². The minimum absolute atomic E-state index is 0.188. The van der Waals surface area contributed by atoms with E-state index >= 15 is 0 Å². The molecular weight excluding hydrogens is 214 g/mol. The van der Waals surface area contributed by atoms with E-state index in [1.54, 1.807) is 0 Å². The van der Waals surface area contributed by atoms with E-state index in [9.17, 15) is 4.79 Å². The van der Waals surface area contributed by atoms with Gasteiger partial charge >= 0.3 is 0 Å². The highest BCUT2D eigenvalue weighted by atomic mass is 16.5. The number of likely N-dealkylation sites (tertiary alicyclic amines) is 1. The summed E-state index contributed by atoms with van der Waals surface area (Å²) in [7, 11) is 0. The van der Waals surface area contributed by atoms with Gasteiger partial charge in [0.1, 0.15) is 0 Å². The van der Waals surface area contributed by atoms with Gasteiger partial charge in [0.15, 0.2) is 0 Å². The van der Waals surface area contributed by atoms with Gasteiger partial charge < -0.3 is 9.64 Å². The largest absolute Gasteiger partial charge is 0.381 e. The number of carbonyl (C=O) groups excluding carboxylic acids is 1. The van der Waals surface area contributed by atoms with Gasteiger partial charge in [-0.25, -0.2) is 0 Å². The van der Waals surface area contributed by atoms with Crippen LogP contribution >= 0.6 is 0 Å². The van der Waals surface area contributed by atoms with Crippen molar-refractivity contribution in [2.75, 3.05) is 26.3 Å². The summed E-state index contributed by atoms with van der Waals surface area (Å²) in [4.78, 5) is 14.5. The number of carbonyl (C=O) groups is 1. The second-order valence-corrected chi connectivity index (χ2v) is 6.14. The molecule has 0 N–H and O–H groups in total. The van der Waals surface area contributed by atoms with Gasteiger partial charge in [-0.3, -0.25) is 4.79 Å². The first-order valence-corrected chi connectivity index (χ1v) is 6.97. The van der Waals surface area contributed by atoms with E-state index in [-0.39, 0.29) is 5.41 Å². The Morgan fingerprint density at radius 3 is 2.41 bits per heavy atom. The number of amides is 1. The van der Waals surface area contributed by atoms with Crippen LogP contribution in [0.1, 0.15) is 46.0 Å². The Labute approximate surface area is 105 Å². The second kappa shape index (κ2) is 5.38. The van der Waals surface area contributed by atoms with Gasteiger partial charge in [-0.05, 0) is 38.0 Å². The molecule has 0 aromatic heterocycles. The van der Waals surface area contributed by atoms with Crippen molar-refractivity contribution in [1.29, 1.82) is 0 Å². The first-order chi connectivity index (χ1) is 8.09. The van der Waals surface area contributed by atoms with Crippen LogP contribution in [0, 0.1) is 11.3 Å². The van der Waals surface area contributed by atoms with Crippen molar-refractivity contribution in [2.45, 2.75) is 46.0 Å². The first kappa shape index (κ1) is 12.9. The summed E-state index contributed by atoms with van der Waals surface area (Å²) in [5.74, 6) is 1.03. The Balaban J connectivity index is 1.89. The zero-order valence-electron chi connectivity index (χ0n) is 11.2. The standard InChI is InChI=1S/C14H25NO2/c1-14(2,11-12-5-9-17-10-6-12)13(16)15-7-3-4-8-15/h12H,3-11H2,1-2H3. The van der Waals surface area contributed by atoms with Crippen molar-refractivity contribution in [2.24, 2.45) is 11.3 Å². The SMILES string of the molecule is CC(C)(CC1CCOCC1)C(=O)N1CCCC1. The highest BCUT2D eigenvalue weighted by Gasteiger charge is 2.35. The topological polar surface area (TPSA) is 29.5 Å². The van der Waals surface area contributed by atoms with E-state index in [2.05, 4.69) is 18.7 Å². The molecular formula is C14H25NO2. The fourth-order valence-corrected chi connectivity index (χ4v) is 3.11. The minimum Gasteiger partial charge on any atom is -0.381 e. The predicted octanol–water partition coefficient (Wildman–Crippen LogP) is 2.45. The monoisotopic (exact) mass is 239 g/mol. The van der Waals surface area contributed by atoms with Crippen molar-refractivity contribution < 1.29 is 9.53 Å². The van der Waals surface area contributed by atoms with Crippen molar-refractivity contribution >= 4 is 5.91 Å². The van der Waals surface area contributed by atoms with Crippen LogP contribution in [0.5, 0.6) is 0 Å². The third-order valence-electron chi connectivity index (χ3n) is 4.11. The fourth-order valence-electron chi connectivity index (χ4n) is 3.11. The molecule has 0 atom stereocenters. The molecule has 3 heteroatoms. The molecule has 3 nitrogen and oxygen atoms in total. The van der Waals surface area contributed by atoms with E-state index in [4.69, 9.17) is 4.74 Å². The van der Waals surface area contributed by atoms with E-state index in [1.807, 2.05) is 0 Å². The zero-order chi connectivity index (χ0) is 12.3. The Morgan fingerprint density at radius 2 is 1.82 bits per heavy atom. The van der Waals surface area contributed by atoms with Crippen LogP contribution in [0.2, 0.25) is 0 Å². The maximum absolute atomic E-state index is 12.4. The molecule has 1 amide bonds. The normalized spacial score (nSPS) is 23.1. The summed E-state index contributed by atoms with van der Waals surface area (Å²) in [5, 5.41) is 0. The summed E-state index contributed by atoms with van der Waals surface area (Å²) in [6.45, 7) is 7.91. The number of hydrogen-bond donors (Lipinski definition) is 0. The Hall–Kier alpha value is -0.570. The van der Waals surface area contributed by atoms with E-state index in [0.29, 0.717) is 11.8 Å². The Bertz CT molecular complexity index is 263. The quantitative estimate of drug-likeness (QED) is 0.757. The third kappa shape index (κ3) is 3.21. The first-order valence-electron chi connectivity index (χ1n) is 6.97. The van der Waals surface area contributed by atoms with Gasteiger partial charge in [0, 0.05) is 31.7 Å². The molecule has 2 rings (SSSR count). The van der Waals surface area contributed by atoms with Crippen molar-refractivity contribution in [3.63, 3.8) is 0 Å². The van der Waals surface area contributed by atoms with Gasteiger partial charge in [-0.15, -0.1) is 0 Å². The van der Waals surface area contributed by atoms with E-state index in [0.717, 1.165) is 45.6 Å². The van der Waals surface area contributed by atoms with Crippen LogP contribution in [-0.2, 0) is 9.53 Å². The highest BCUT2D eigenvalue weighted by Crippen LogP contribution is 2.33. The summed E-state index contributed by atoms with van der Waals surface area (Å²) >= 11 is 0. The lowest BCUT2D eigenvalue weighted by atomic mass is 9.79. The highest BCUT2D eigenvalue weighted by molar-refractivity contribution is 5.82. The smallest absolute Gasteiger partial charge is 0.228 e. The molecule has 0 unspecified atom stereocenters. The lowest BCUT2D eigenvalue weighted by Gasteiger charge is -2.33. The molecule has 0 aliphatic carbocycles. The minimum atomic E-state index is -0.188. The lowest BCUT2D eigenvalue weighted by molar-refractivity contribution is -0.140. The third-order valence-corrected chi connectivity index (χ3v) is 4.11. The van der Waals surface area contributed by atoms with Crippen molar-refractivity contribution in [3.8, 4) is 0 Å². The molecule has 0 saturated carbocycles. The maximum atomic E-state index is 12.4. The predicted molar refractivity (Wildman–Crippen MR) is 67.8 cm³/mol. The average Bonchev–Trinajstić information content (AvgIpc) is 2.82. The second-order valence-electron chi connectivity index (χ2n) is 6.14. The molecule has 0 spiro atoms. The summed E-state index contributed by atoms with van der Waals surface area (Å²) in [6.07, 6.45) is 5.62. The maximum Gasteiger partial charge on any atom is 0.228 e. The molecule has 0 aromatic rings. The fraction of sp³-hybridized carbons (Fsp3) is 0.929. The summed E-state index contributed by atoms with van der Waals surface area (Å²) in [6, 6.07) is 0. The van der Waals surface area contributed by atoms with Gasteiger partial charge in [0.2, 0.25) is 5.91 Å². The van der Waals surface area contributed by atoms with E-state index < -0.39 is 0 Å². The average molecular weight is 239 g/mol. The Morgan fingerprint density at radius 1 is 1.24 bits per heavy atom. The van der Waals surface area contributed by atoms with Crippen molar-refractivity contribution in [3.05, 3.63) is 0 Å². The van der Waals surface area contributed by atoms with Crippen LogP contribution in [0.3, 0.4) is 0 Å². The molecule has 98 valence electrons. The molecule has 17 heavy (non-hydrogen) atoms. The van der Waals surface area contributed by atoms with Crippen LogP contribution in [-0.4, -0.2) is 37.1 Å². The van der Waals surface area contributed by atoms with Crippen molar-refractivity contribution in [1.82, 2.24) is 4.90 Å². The van der Waals surface area contributed by atoms with Gasteiger partial charge in [-0.2, -0.15) is 0 Å². The van der Waals surface area contributed by atoms with Gasteiger partial charge in [-0.1, -0.05) is 13.8 Å². The lowest BCUT2D eigenvalue weighted by Crippen LogP contribution is -2.40. The number of rotatable bonds is 3. The summed E-state index contributed by atoms with van der Waals surface area (Å²) in [5.41, 5.74) is -0.188. The number of ether oxygens (including phenoxy) is 1. The number of hydrogen-bond acceptors (Lipinski definition) is 2. The molecule has 2 aliphatic rings.